The minimum Gasteiger partial charge on any atom is -0.478 e. The van der Waals surface area contributed by atoms with Gasteiger partial charge in [0.15, 0.2) is 0 Å². The van der Waals surface area contributed by atoms with Crippen molar-refractivity contribution < 1.29 is 14.7 Å². The van der Waals surface area contributed by atoms with E-state index in [0.29, 0.717) is 17.8 Å². The number of hydrogen-bond acceptors (Lipinski definition) is 2. The summed E-state index contributed by atoms with van der Waals surface area (Å²) in [6.07, 6.45) is 10.6. The summed E-state index contributed by atoms with van der Waals surface area (Å²) in [5, 5.41) is 11.8. The van der Waals surface area contributed by atoms with Gasteiger partial charge < -0.3 is 15.4 Å². The normalized spacial score (nSPS) is 15.9. The summed E-state index contributed by atoms with van der Waals surface area (Å²) < 4.78 is 0. The van der Waals surface area contributed by atoms with Crippen molar-refractivity contribution in [3.05, 3.63) is 17.5 Å². The average molecular weight is 292 g/mol. The molecule has 1 aliphatic carbocycles. The van der Waals surface area contributed by atoms with Gasteiger partial charge >= 0.3 is 5.97 Å². The predicted octanol–water partition coefficient (Wildman–Crippen LogP) is 3.71. The largest absolute Gasteiger partial charge is 0.478 e. The number of amides is 1. The fourth-order valence-electron chi connectivity index (χ4n) is 3.14. The maximum atomic E-state index is 11.9. The lowest BCUT2D eigenvalue weighted by Crippen LogP contribution is -2.14. The third kappa shape index (κ3) is 4.34. The number of aromatic nitrogens is 1. The first-order valence-electron chi connectivity index (χ1n) is 7.79. The predicted molar refractivity (Wildman–Crippen MR) is 81.5 cm³/mol. The minimum absolute atomic E-state index is 0.104. The molecule has 0 spiro atoms. The molecule has 1 fully saturated rings. The van der Waals surface area contributed by atoms with E-state index < -0.39 is 5.97 Å². The third-order valence-corrected chi connectivity index (χ3v) is 4.31. The monoisotopic (exact) mass is 292 g/mol. The summed E-state index contributed by atoms with van der Waals surface area (Å²) in [5.41, 5.74) is 1.07. The van der Waals surface area contributed by atoms with Crippen molar-refractivity contribution in [2.45, 2.75) is 58.3 Å². The maximum absolute atomic E-state index is 11.9. The van der Waals surface area contributed by atoms with Crippen molar-refractivity contribution in [2.24, 2.45) is 5.92 Å². The number of rotatable bonds is 6. The lowest BCUT2D eigenvalue weighted by molar-refractivity contribution is -0.116. The molecule has 3 N–H and O–H groups in total. The van der Waals surface area contributed by atoms with Crippen molar-refractivity contribution in [2.75, 3.05) is 5.32 Å². The number of carboxylic acid groups (broad SMARTS) is 1. The van der Waals surface area contributed by atoms with Crippen LogP contribution in [0, 0.1) is 12.8 Å². The molecule has 0 radical (unpaired) electrons. The number of H-pyrrole nitrogens is 1. The van der Waals surface area contributed by atoms with Crippen LogP contribution in [0.3, 0.4) is 0 Å². The quantitative estimate of drug-likeness (QED) is 0.747. The lowest BCUT2D eigenvalue weighted by Gasteiger charge is -2.21. The summed E-state index contributed by atoms with van der Waals surface area (Å²) in [6.45, 7) is 1.68. The van der Waals surface area contributed by atoms with Gasteiger partial charge in [0, 0.05) is 18.3 Å². The summed E-state index contributed by atoms with van der Waals surface area (Å²) in [6, 6.07) is 0. The molecule has 1 aromatic heterocycles. The molecular weight excluding hydrogens is 268 g/mol. The first-order chi connectivity index (χ1) is 10.1. The standard InChI is InChI=1S/C16H24N2O3/c1-11-15(16(20)21)13(10-17-11)18-14(19)9-5-8-12-6-3-2-4-7-12/h10,12,17H,2-9H2,1H3,(H,18,19)(H,20,21). The summed E-state index contributed by atoms with van der Waals surface area (Å²) in [7, 11) is 0. The zero-order chi connectivity index (χ0) is 15.2. The molecule has 0 saturated heterocycles. The molecule has 5 heteroatoms. The van der Waals surface area contributed by atoms with Crippen LogP contribution in [-0.2, 0) is 4.79 Å². The van der Waals surface area contributed by atoms with Gasteiger partial charge in [-0.25, -0.2) is 4.79 Å². The molecular formula is C16H24N2O3. The smallest absolute Gasteiger partial charge is 0.339 e. The highest BCUT2D eigenvalue weighted by Crippen LogP contribution is 2.27. The number of nitrogens with one attached hydrogen (secondary N) is 2. The lowest BCUT2D eigenvalue weighted by atomic mass is 9.86. The van der Waals surface area contributed by atoms with E-state index in [1.165, 1.54) is 38.3 Å². The van der Waals surface area contributed by atoms with Crippen LogP contribution in [0.15, 0.2) is 6.20 Å². The van der Waals surface area contributed by atoms with E-state index in [9.17, 15) is 9.59 Å². The Morgan fingerprint density at radius 1 is 1.33 bits per heavy atom. The number of aryl methyl sites for hydroxylation is 1. The van der Waals surface area contributed by atoms with Crippen molar-refractivity contribution in [3.8, 4) is 0 Å². The number of hydrogen-bond donors (Lipinski definition) is 3. The van der Waals surface area contributed by atoms with Crippen LogP contribution >= 0.6 is 0 Å². The van der Waals surface area contributed by atoms with Gasteiger partial charge in [0.2, 0.25) is 5.91 Å². The molecule has 0 aliphatic heterocycles. The van der Waals surface area contributed by atoms with E-state index in [1.54, 1.807) is 6.92 Å². The molecule has 1 aromatic rings. The number of anilines is 1. The molecule has 1 saturated carbocycles. The molecule has 0 bridgehead atoms. The highest BCUT2D eigenvalue weighted by atomic mass is 16.4. The second-order valence-electron chi connectivity index (χ2n) is 5.95. The van der Waals surface area contributed by atoms with Gasteiger partial charge in [-0.1, -0.05) is 32.1 Å². The van der Waals surface area contributed by atoms with Crippen LogP contribution in [-0.4, -0.2) is 22.0 Å². The Morgan fingerprint density at radius 3 is 2.71 bits per heavy atom. The molecule has 1 heterocycles. The van der Waals surface area contributed by atoms with Gasteiger partial charge in [-0.3, -0.25) is 4.79 Å². The first-order valence-corrected chi connectivity index (χ1v) is 7.79. The topological polar surface area (TPSA) is 82.2 Å². The molecule has 5 nitrogen and oxygen atoms in total. The third-order valence-electron chi connectivity index (χ3n) is 4.31. The Bertz CT molecular complexity index is 502. The van der Waals surface area contributed by atoms with Gasteiger partial charge in [-0.15, -0.1) is 0 Å². The Balaban J connectivity index is 1.78. The number of carbonyl (C=O) groups excluding carboxylic acids is 1. The van der Waals surface area contributed by atoms with Crippen LogP contribution in [0.2, 0.25) is 0 Å². The van der Waals surface area contributed by atoms with Crippen LogP contribution in [0.4, 0.5) is 5.69 Å². The highest BCUT2D eigenvalue weighted by Gasteiger charge is 2.17. The van der Waals surface area contributed by atoms with Gasteiger partial charge in [-0.2, -0.15) is 0 Å². The Morgan fingerprint density at radius 2 is 2.05 bits per heavy atom. The van der Waals surface area contributed by atoms with Crippen molar-refractivity contribution in [3.63, 3.8) is 0 Å². The fourth-order valence-corrected chi connectivity index (χ4v) is 3.14. The molecule has 21 heavy (non-hydrogen) atoms. The zero-order valence-corrected chi connectivity index (χ0v) is 12.6. The van der Waals surface area contributed by atoms with Crippen LogP contribution in [0.25, 0.3) is 0 Å². The molecule has 2 rings (SSSR count). The van der Waals surface area contributed by atoms with Gasteiger partial charge in [0.05, 0.1) is 5.69 Å². The fraction of sp³-hybridized carbons (Fsp3) is 0.625. The SMILES string of the molecule is Cc1[nH]cc(NC(=O)CCCC2CCCCC2)c1C(=O)O. The van der Waals surface area contributed by atoms with E-state index in [0.717, 1.165) is 18.8 Å². The maximum Gasteiger partial charge on any atom is 0.339 e. The van der Waals surface area contributed by atoms with Crippen LogP contribution in [0.1, 0.15) is 67.4 Å². The second kappa shape index (κ2) is 7.29. The van der Waals surface area contributed by atoms with E-state index in [1.807, 2.05) is 0 Å². The summed E-state index contributed by atoms with van der Waals surface area (Å²) >= 11 is 0. The molecule has 1 amide bonds. The molecule has 0 atom stereocenters. The van der Waals surface area contributed by atoms with Gasteiger partial charge in [0.25, 0.3) is 0 Å². The van der Waals surface area contributed by atoms with Gasteiger partial charge in [-0.05, 0) is 25.7 Å². The van der Waals surface area contributed by atoms with E-state index in [2.05, 4.69) is 10.3 Å². The molecule has 0 unspecified atom stereocenters. The Labute approximate surface area is 125 Å². The zero-order valence-electron chi connectivity index (χ0n) is 12.6. The molecule has 116 valence electrons. The number of carbonyl (C=O) groups is 2. The first kappa shape index (κ1) is 15.6. The van der Waals surface area contributed by atoms with E-state index in [4.69, 9.17) is 5.11 Å². The van der Waals surface area contributed by atoms with Crippen LogP contribution < -0.4 is 5.32 Å². The van der Waals surface area contributed by atoms with Crippen LogP contribution in [0.5, 0.6) is 0 Å². The number of aromatic amines is 1. The van der Waals surface area contributed by atoms with E-state index in [-0.39, 0.29) is 11.5 Å². The van der Waals surface area contributed by atoms with Crippen molar-refractivity contribution in [1.29, 1.82) is 0 Å². The summed E-state index contributed by atoms with van der Waals surface area (Å²) in [4.78, 5) is 25.9. The van der Waals surface area contributed by atoms with E-state index >= 15 is 0 Å². The average Bonchev–Trinajstić information content (AvgIpc) is 2.81. The second-order valence-corrected chi connectivity index (χ2v) is 5.95. The summed E-state index contributed by atoms with van der Waals surface area (Å²) in [5.74, 6) is -0.353. The number of carboxylic acids is 1. The minimum atomic E-state index is -1.02. The highest BCUT2D eigenvalue weighted by molar-refractivity contribution is 6.01. The van der Waals surface area contributed by atoms with Gasteiger partial charge in [0.1, 0.15) is 5.56 Å². The molecule has 0 aromatic carbocycles. The number of aromatic carboxylic acids is 1. The van der Waals surface area contributed by atoms with Crippen molar-refractivity contribution >= 4 is 17.6 Å². The molecule has 1 aliphatic rings. The Hall–Kier alpha value is -1.78. The Kier molecular flexibility index (Phi) is 5.42. The van der Waals surface area contributed by atoms with Crippen molar-refractivity contribution in [1.82, 2.24) is 4.98 Å².